The fourth-order valence-electron chi connectivity index (χ4n) is 3.09. The van der Waals surface area contributed by atoms with E-state index in [-0.39, 0.29) is 15.4 Å². The van der Waals surface area contributed by atoms with E-state index in [1.165, 1.54) is 23.5 Å². The van der Waals surface area contributed by atoms with Gasteiger partial charge in [-0.25, -0.2) is 4.98 Å². The van der Waals surface area contributed by atoms with Gasteiger partial charge in [0, 0.05) is 23.5 Å². The highest BCUT2D eigenvalue weighted by Crippen LogP contribution is 2.33. The Balaban J connectivity index is 1.56. The number of ether oxygens (including phenoxy) is 1. The van der Waals surface area contributed by atoms with E-state index in [1.807, 2.05) is 7.05 Å². The van der Waals surface area contributed by atoms with E-state index in [2.05, 4.69) is 19.9 Å². The highest BCUT2D eigenvalue weighted by molar-refractivity contribution is 7.20. The Bertz CT molecular complexity index is 1140. The van der Waals surface area contributed by atoms with Crippen LogP contribution in [0.2, 0.25) is 0 Å². The summed E-state index contributed by atoms with van der Waals surface area (Å²) in [5.41, 5.74) is 1.16. The van der Waals surface area contributed by atoms with Gasteiger partial charge in [0.05, 0.1) is 5.39 Å². The third-order valence-electron chi connectivity index (χ3n) is 4.40. The minimum Gasteiger partial charge on any atom is -0.406 e. The number of nitrogens with one attached hydrogen (secondary N) is 1. The molecule has 0 bridgehead atoms. The molecule has 1 aliphatic heterocycles. The number of fused-ring (bicyclic) bond motifs is 3. The van der Waals surface area contributed by atoms with Crippen LogP contribution in [0.5, 0.6) is 5.75 Å². The van der Waals surface area contributed by atoms with Crippen LogP contribution < -0.4 is 14.8 Å². The number of nitrogens with zero attached hydrogens (tertiary/aromatic N) is 2. The Labute approximate surface area is 170 Å². The van der Waals surface area contributed by atoms with Gasteiger partial charge in [-0.3, -0.25) is 14.9 Å². The van der Waals surface area contributed by atoms with Crippen LogP contribution >= 0.6 is 22.7 Å². The molecule has 3 heterocycles. The van der Waals surface area contributed by atoms with Crippen molar-refractivity contribution >= 4 is 43.9 Å². The molecule has 0 saturated heterocycles. The lowest BCUT2D eigenvalue weighted by Crippen LogP contribution is -2.25. The molecular formula is C18H14F3N3O3S2. The third-order valence-corrected chi connectivity index (χ3v) is 6.28. The molecule has 152 valence electrons. The predicted octanol–water partition coefficient (Wildman–Crippen LogP) is 3.86. The summed E-state index contributed by atoms with van der Waals surface area (Å²) in [6, 6.07) is 4.51. The van der Waals surface area contributed by atoms with Crippen molar-refractivity contribution in [2.75, 3.05) is 18.9 Å². The highest BCUT2D eigenvalue weighted by Gasteiger charge is 2.31. The van der Waals surface area contributed by atoms with Crippen LogP contribution in [0.4, 0.5) is 18.3 Å². The topological polar surface area (TPSA) is 71.5 Å². The quantitative estimate of drug-likeness (QED) is 0.669. The number of benzene rings is 1. The molecule has 0 fully saturated rings. The molecule has 0 atom stereocenters. The lowest BCUT2D eigenvalue weighted by atomic mass is 10.1. The van der Waals surface area contributed by atoms with Crippen molar-refractivity contribution in [1.82, 2.24) is 9.88 Å². The zero-order chi connectivity index (χ0) is 20.8. The second kappa shape index (κ2) is 7.39. The van der Waals surface area contributed by atoms with Gasteiger partial charge < -0.3 is 9.64 Å². The van der Waals surface area contributed by atoms with Gasteiger partial charge in [0.15, 0.2) is 5.13 Å². The van der Waals surface area contributed by atoms with Gasteiger partial charge in [0.1, 0.15) is 10.6 Å². The lowest BCUT2D eigenvalue weighted by molar-refractivity contribution is -0.274. The van der Waals surface area contributed by atoms with Gasteiger partial charge >= 0.3 is 6.36 Å². The number of alkyl halides is 3. The molecule has 4 rings (SSSR count). The van der Waals surface area contributed by atoms with Gasteiger partial charge in [0.2, 0.25) is 4.74 Å². The number of rotatable bonds is 3. The molecule has 1 aliphatic rings. The number of hydrogen-bond donors (Lipinski definition) is 1. The number of carbonyl (C=O) groups excluding carboxylic acids is 1. The summed E-state index contributed by atoms with van der Waals surface area (Å²) < 4.78 is 40.3. The number of aromatic nitrogens is 1. The fourth-order valence-corrected chi connectivity index (χ4v) is 5.29. The normalized spacial score (nSPS) is 14.6. The SMILES string of the molecule is CN1CCc2c(sc3nc(NC(=O)c4ccc(OC(F)(F)F)cc4)sc(=O)c23)C1. The first-order chi connectivity index (χ1) is 13.7. The van der Waals surface area contributed by atoms with Crippen LogP contribution in [0.3, 0.4) is 0 Å². The maximum Gasteiger partial charge on any atom is 0.573 e. The number of thiophene rings is 1. The number of carbonyl (C=O) groups is 1. The van der Waals surface area contributed by atoms with E-state index in [0.717, 1.165) is 53.4 Å². The largest absolute Gasteiger partial charge is 0.573 e. The Kier molecular flexibility index (Phi) is 5.05. The first kappa shape index (κ1) is 19.8. The standard InChI is InChI=1S/C18H14F3N3O3S2/c1-24-7-6-11-12(8-24)28-15-13(11)16(26)29-17(23-15)22-14(25)9-2-4-10(5-3-9)27-18(19,20)21/h2-5H,6-8H2,1H3,(H,22,23,25). The summed E-state index contributed by atoms with van der Waals surface area (Å²) >= 11 is 2.28. The van der Waals surface area contributed by atoms with Gasteiger partial charge in [0.25, 0.3) is 5.91 Å². The molecule has 1 aromatic carbocycles. The maximum absolute atomic E-state index is 12.6. The highest BCUT2D eigenvalue weighted by atomic mass is 32.1. The predicted molar refractivity (Wildman–Crippen MR) is 105 cm³/mol. The molecule has 0 spiro atoms. The van der Waals surface area contributed by atoms with Crippen LogP contribution in [0.15, 0.2) is 29.1 Å². The molecule has 29 heavy (non-hydrogen) atoms. The van der Waals surface area contributed by atoms with Gasteiger partial charge in [-0.1, -0.05) is 11.3 Å². The van der Waals surface area contributed by atoms with E-state index in [9.17, 15) is 22.8 Å². The lowest BCUT2D eigenvalue weighted by Gasteiger charge is -2.21. The molecule has 1 N–H and O–H groups in total. The summed E-state index contributed by atoms with van der Waals surface area (Å²) in [6.45, 7) is 1.63. The van der Waals surface area contributed by atoms with Crippen molar-refractivity contribution in [3.63, 3.8) is 0 Å². The Hall–Kier alpha value is -2.50. The van der Waals surface area contributed by atoms with E-state index < -0.39 is 18.0 Å². The van der Waals surface area contributed by atoms with E-state index in [4.69, 9.17) is 0 Å². The summed E-state index contributed by atoms with van der Waals surface area (Å²) in [5, 5.41) is 3.32. The molecule has 6 nitrogen and oxygen atoms in total. The van der Waals surface area contributed by atoms with E-state index in [1.54, 1.807) is 0 Å². The van der Waals surface area contributed by atoms with E-state index in [0.29, 0.717) is 10.2 Å². The number of amides is 1. The first-order valence-corrected chi connectivity index (χ1v) is 10.1. The maximum atomic E-state index is 12.6. The molecule has 3 aromatic rings. The van der Waals surface area contributed by atoms with Crippen molar-refractivity contribution in [3.8, 4) is 5.75 Å². The van der Waals surface area contributed by atoms with Gasteiger partial charge in [-0.05, 0) is 43.3 Å². The second-order valence-electron chi connectivity index (χ2n) is 6.50. The smallest absolute Gasteiger partial charge is 0.406 e. The molecule has 0 aliphatic carbocycles. The first-order valence-electron chi connectivity index (χ1n) is 8.51. The number of likely N-dealkylation sites (N-methyl/N-ethyl adjacent to an activating group) is 1. The van der Waals surface area contributed by atoms with Crippen LogP contribution in [0.1, 0.15) is 20.8 Å². The number of halogens is 3. The van der Waals surface area contributed by atoms with Crippen molar-refractivity contribution in [2.45, 2.75) is 19.3 Å². The number of anilines is 1. The number of hydrogen-bond acceptors (Lipinski definition) is 7. The van der Waals surface area contributed by atoms with Crippen LogP contribution in [-0.4, -0.2) is 35.7 Å². The van der Waals surface area contributed by atoms with Crippen molar-refractivity contribution in [1.29, 1.82) is 0 Å². The van der Waals surface area contributed by atoms with Crippen LogP contribution in [0, 0.1) is 0 Å². The van der Waals surface area contributed by atoms with Gasteiger partial charge in [-0.2, -0.15) is 0 Å². The van der Waals surface area contributed by atoms with Crippen LogP contribution in [0.25, 0.3) is 10.2 Å². The van der Waals surface area contributed by atoms with Gasteiger partial charge in [-0.15, -0.1) is 24.5 Å². The second-order valence-corrected chi connectivity index (χ2v) is 8.55. The third kappa shape index (κ3) is 4.26. The fraction of sp³-hybridized carbons (Fsp3) is 0.278. The molecule has 1 amide bonds. The zero-order valence-electron chi connectivity index (χ0n) is 15.0. The minimum absolute atomic E-state index is 0.119. The summed E-state index contributed by atoms with van der Waals surface area (Å²) in [4.78, 5) is 33.3. The van der Waals surface area contributed by atoms with Crippen LogP contribution in [-0.2, 0) is 13.0 Å². The van der Waals surface area contributed by atoms with Crippen molar-refractivity contribution in [3.05, 3.63) is 49.8 Å². The average molecular weight is 441 g/mol. The zero-order valence-corrected chi connectivity index (χ0v) is 16.6. The summed E-state index contributed by atoms with van der Waals surface area (Å²) in [7, 11) is 2.01. The Morgan fingerprint density at radius 2 is 1.97 bits per heavy atom. The molecule has 0 radical (unpaired) electrons. The van der Waals surface area contributed by atoms with E-state index >= 15 is 0 Å². The summed E-state index contributed by atoms with van der Waals surface area (Å²) in [6.07, 6.45) is -4.02. The molecule has 0 saturated carbocycles. The Morgan fingerprint density at radius 1 is 1.24 bits per heavy atom. The van der Waals surface area contributed by atoms with Crippen molar-refractivity contribution < 1.29 is 22.7 Å². The monoisotopic (exact) mass is 441 g/mol. The average Bonchev–Trinajstić information content (AvgIpc) is 2.98. The molecule has 0 unspecified atom stereocenters. The summed E-state index contributed by atoms with van der Waals surface area (Å²) in [5.74, 6) is -1.00. The van der Waals surface area contributed by atoms with Crippen molar-refractivity contribution in [2.24, 2.45) is 0 Å². The molecule has 2 aromatic heterocycles. The molecule has 11 heteroatoms. The molecular weight excluding hydrogens is 427 g/mol. The minimum atomic E-state index is -4.80. The Morgan fingerprint density at radius 3 is 2.66 bits per heavy atom.